The minimum atomic E-state index is 0.362. The van der Waals surface area contributed by atoms with Gasteiger partial charge in [-0.2, -0.15) is 5.48 Å². The van der Waals surface area contributed by atoms with Crippen molar-refractivity contribution < 1.29 is 4.84 Å². The molecular weight excluding hydrogens is 114 g/mol. The lowest BCUT2D eigenvalue weighted by Crippen LogP contribution is -2.19. The topological polar surface area (TPSA) is 21.3 Å². The predicted octanol–water partition coefficient (Wildman–Crippen LogP) is 1.88. The third-order valence-corrected chi connectivity index (χ3v) is 1.26. The molecule has 0 saturated heterocycles. The van der Waals surface area contributed by atoms with Crippen molar-refractivity contribution in [3.05, 3.63) is 6.54 Å². The van der Waals surface area contributed by atoms with E-state index >= 15 is 0 Å². The summed E-state index contributed by atoms with van der Waals surface area (Å²) in [6, 6.07) is 0. The Morgan fingerprint density at radius 3 is 2.33 bits per heavy atom. The van der Waals surface area contributed by atoms with Gasteiger partial charge in [0.25, 0.3) is 0 Å². The molecule has 0 amide bonds. The van der Waals surface area contributed by atoms with Crippen LogP contribution in [0.3, 0.4) is 0 Å². The lowest BCUT2D eigenvalue weighted by molar-refractivity contribution is -0.0134. The van der Waals surface area contributed by atoms with Crippen molar-refractivity contribution in [3.8, 4) is 0 Å². The Labute approximate surface area is 57.5 Å². The first-order valence-electron chi connectivity index (χ1n) is 3.54. The van der Waals surface area contributed by atoms with Crippen LogP contribution in [0.4, 0.5) is 0 Å². The van der Waals surface area contributed by atoms with Gasteiger partial charge in [-0.25, -0.2) is 0 Å². The standard InChI is InChI=1S/C7H16NO/c1-4-7(5-2)9-8-6-3/h6-8H,4-5H2,1-3H3. The van der Waals surface area contributed by atoms with Crippen LogP contribution in [-0.2, 0) is 4.84 Å². The van der Waals surface area contributed by atoms with Crippen molar-refractivity contribution in [2.45, 2.75) is 39.7 Å². The second-order valence-corrected chi connectivity index (χ2v) is 1.96. The molecule has 0 saturated carbocycles. The summed E-state index contributed by atoms with van der Waals surface area (Å²) < 4.78 is 0. The highest BCUT2D eigenvalue weighted by Crippen LogP contribution is 1.99. The molecular formula is C7H16NO. The van der Waals surface area contributed by atoms with Crippen molar-refractivity contribution >= 4 is 0 Å². The molecule has 0 aromatic heterocycles. The van der Waals surface area contributed by atoms with Gasteiger partial charge >= 0.3 is 0 Å². The maximum atomic E-state index is 5.18. The van der Waals surface area contributed by atoms with E-state index in [4.69, 9.17) is 4.84 Å². The van der Waals surface area contributed by atoms with Crippen molar-refractivity contribution in [2.75, 3.05) is 0 Å². The summed E-state index contributed by atoms with van der Waals surface area (Å²) in [6.45, 7) is 7.93. The van der Waals surface area contributed by atoms with E-state index in [0.29, 0.717) is 6.10 Å². The van der Waals surface area contributed by atoms with Crippen LogP contribution < -0.4 is 5.48 Å². The number of hydrogen-bond donors (Lipinski definition) is 1. The smallest absolute Gasteiger partial charge is 0.0785 e. The Morgan fingerprint density at radius 2 is 2.00 bits per heavy atom. The molecule has 1 N–H and O–H groups in total. The van der Waals surface area contributed by atoms with E-state index in [2.05, 4.69) is 19.3 Å². The second-order valence-electron chi connectivity index (χ2n) is 1.96. The summed E-state index contributed by atoms with van der Waals surface area (Å²) in [7, 11) is 0. The third-order valence-electron chi connectivity index (χ3n) is 1.26. The SMILES string of the molecule is C[CH]NOC(CC)CC. The average molecular weight is 130 g/mol. The number of hydrogen-bond acceptors (Lipinski definition) is 2. The third kappa shape index (κ3) is 4.43. The Balaban J connectivity index is 3.09. The molecule has 0 atom stereocenters. The Bertz CT molecular complexity index is 52.9. The van der Waals surface area contributed by atoms with Crippen molar-refractivity contribution in [1.29, 1.82) is 0 Å². The van der Waals surface area contributed by atoms with Crippen LogP contribution in [0, 0.1) is 6.54 Å². The molecule has 0 aromatic carbocycles. The van der Waals surface area contributed by atoms with E-state index in [-0.39, 0.29) is 0 Å². The Morgan fingerprint density at radius 1 is 1.44 bits per heavy atom. The summed E-state index contributed by atoms with van der Waals surface area (Å²) in [6.07, 6.45) is 2.50. The second kappa shape index (κ2) is 6.05. The molecule has 0 fully saturated rings. The normalized spacial score (nSPS) is 10.7. The zero-order valence-corrected chi connectivity index (χ0v) is 6.48. The van der Waals surface area contributed by atoms with Gasteiger partial charge in [0.2, 0.25) is 0 Å². The van der Waals surface area contributed by atoms with Gasteiger partial charge in [0.15, 0.2) is 0 Å². The molecule has 0 heterocycles. The van der Waals surface area contributed by atoms with Crippen LogP contribution in [0.15, 0.2) is 0 Å². The van der Waals surface area contributed by atoms with Gasteiger partial charge in [-0.15, -0.1) is 0 Å². The summed E-state index contributed by atoms with van der Waals surface area (Å²) >= 11 is 0. The fourth-order valence-electron chi connectivity index (χ4n) is 0.620. The van der Waals surface area contributed by atoms with Crippen LogP contribution in [0.1, 0.15) is 33.6 Å². The van der Waals surface area contributed by atoms with Gasteiger partial charge in [-0.05, 0) is 19.8 Å². The molecule has 0 aliphatic carbocycles. The molecule has 0 bridgehead atoms. The van der Waals surface area contributed by atoms with E-state index in [9.17, 15) is 0 Å². The van der Waals surface area contributed by atoms with E-state index < -0.39 is 0 Å². The van der Waals surface area contributed by atoms with Crippen LogP contribution in [-0.4, -0.2) is 6.10 Å². The van der Waals surface area contributed by atoms with Crippen LogP contribution in [0.2, 0.25) is 0 Å². The van der Waals surface area contributed by atoms with Gasteiger partial charge in [0.1, 0.15) is 0 Å². The summed E-state index contributed by atoms with van der Waals surface area (Å²) in [5, 5.41) is 0. The van der Waals surface area contributed by atoms with Crippen molar-refractivity contribution in [3.63, 3.8) is 0 Å². The molecule has 0 rings (SSSR count). The number of hydroxylamine groups is 1. The number of nitrogens with one attached hydrogen (secondary N) is 1. The van der Waals surface area contributed by atoms with Crippen LogP contribution >= 0.6 is 0 Å². The monoisotopic (exact) mass is 130 g/mol. The fraction of sp³-hybridized carbons (Fsp3) is 0.857. The Kier molecular flexibility index (Phi) is 5.99. The summed E-state index contributed by atoms with van der Waals surface area (Å²) in [5.74, 6) is 0. The minimum Gasteiger partial charge on any atom is -0.298 e. The van der Waals surface area contributed by atoms with Crippen molar-refractivity contribution in [1.82, 2.24) is 5.48 Å². The lowest BCUT2D eigenvalue weighted by Gasteiger charge is -2.11. The molecule has 0 spiro atoms. The molecule has 0 aromatic rings. The van der Waals surface area contributed by atoms with Gasteiger partial charge in [-0.3, -0.25) is 4.84 Å². The zero-order valence-electron chi connectivity index (χ0n) is 6.48. The van der Waals surface area contributed by atoms with Gasteiger partial charge in [0.05, 0.1) is 6.10 Å². The largest absolute Gasteiger partial charge is 0.298 e. The van der Waals surface area contributed by atoms with Crippen molar-refractivity contribution in [2.24, 2.45) is 0 Å². The molecule has 1 radical (unpaired) electrons. The first-order valence-corrected chi connectivity index (χ1v) is 3.54. The molecule has 55 valence electrons. The van der Waals surface area contributed by atoms with Crippen LogP contribution in [0.5, 0.6) is 0 Å². The quantitative estimate of drug-likeness (QED) is 0.574. The molecule has 2 nitrogen and oxygen atoms in total. The van der Waals surface area contributed by atoms with E-state index in [1.807, 2.05) is 6.92 Å². The van der Waals surface area contributed by atoms with Gasteiger partial charge in [-0.1, -0.05) is 13.8 Å². The minimum absolute atomic E-state index is 0.362. The number of rotatable bonds is 5. The maximum absolute atomic E-state index is 5.18. The average Bonchev–Trinajstić information content (AvgIpc) is 1.91. The van der Waals surface area contributed by atoms with Crippen LogP contribution in [0.25, 0.3) is 0 Å². The highest BCUT2D eigenvalue weighted by atomic mass is 16.7. The first-order chi connectivity index (χ1) is 4.35. The van der Waals surface area contributed by atoms with E-state index in [1.165, 1.54) is 0 Å². The van der Waals surface area contributed by atoms with E-state index in [1.54, 1.807) is 6.54 Å². The maximum Gasteiger partial charge on any atom is 0.0785 e. The Hall–Kier alpha value is -0.0800. The van der Waals surface area contributed by atoms with E-state index in [0.717, 1.165) is 12.8 Å². The highest BCUT2D eigenvalue weighted by molar-refractivity contribution is 4.50. The molecule has 0 aliphatic heterocycles. The fourth-order valence-corrected chi connectivity index (χ4v) is 0.620. The summed E-state index contributed by atoms with van der Waals surface area (Å²) in [5.41, 5.74) is 2.73. The van der Waals surface area contributed by atoms with Gasteiger partial charge < -0.3 is 0 Å². The zero-order chi connectivity index (χ0) is 7.11. The lowest BCUT2D eigenvalue weighted by atomic mass is 10.2. The molecule has 0 aliphatic rings. The summed E-state index contributed by atoms with van der Waals surface area (Å²) in [4.78, 5) is 5.18. The molecule has 0 unspecified atom stereocenters. The first kappa shape index (κ1) is 8.92. The molecule has 2 heteroatoms. The highest BCUT2D eigenvalue weighted by Gasteiger charge is 2.00. The molecule has 9 heavy (non-hydrogen) atoms. The van der Waals surface area contributed by atoms with Gasteiger partial charge in [0, 0.05) is 6.54 Å². The predicted molar refractivity (Wildman–Crippen MR) is 38.6 cm³/mol.